The number of aromatic nitrogens is 2. The van der Waals surface area contributed by atoms with Crippen LogP contribution in [0.25, 0.3) is 0 Å². The molecular formula is C8H14N4. The van der Waals surface area contributed by atoms with Crippen molar-refractivity contribution in [2.45, 2.75) is 12.8 Å². The molecule has 1 saturated heterocycles. The number of nitrogen functional groups attached to an aromatic ring is 1. The monoisotopic (exact) mass is 166 g/mol. The van der Waals surface area contributed by atoms with Gasteiger partial charge >= 0.3 is 0 Å². The Morgan fingerprint density at radius 3 is 2.58 bits per heavy atom. The topological polar surface area (TPSA) is 47.1 Å². The zero-order valence-corrected chi connectivity index (χ0v) is 7.32. The van der Waals surface area contributed by atoms with E-state index in [1.807, 2.05) is 11.7 Å². The van der Waals surface area contributed by atoms with Crippen molar-refractivity contribution in [3.63, 3.8) is 0 Å². The molecule has 2 rings (SSSR count). The molecule has 12 heavy (non-hydrogen) atoms. The number of aryl methyl sites for hydroxylation is 1. The van der Waals surface area contributed by atoms with Crippen LogP contribution in [-0.4, -0.2) is 22.9 Å². The lowest BCUT2D eigenvalue weighted by Crippen LogP contribution is -2.21. The van der Waals surface area contributed by atoms with Crippen LogP contribution >= 0.6 is 0 Å². The third-order valence-corrected chi connectivity index (χ3v) is 2.34. The normalized spacial score (nSPS) is 17.2. The maximum Gasteiger partial charge on any atom is 0.150 e. The van der Waals surface area contributed by atoms with E-state index in [1.165, 1.54) is 12.8 Å². The first-order valence-corrected chi connectivity index (χ1v) is 4.31. The predicted molar refractivity (Wildman–Crippen MR) is 49.1 cm³/mol. The minimum atomic E-state index is 0.791. The van der Waals surface area contributed by atoms with E-state index in [-0.39, 0.29) is 0 Å². The van der Waals surface area contributed by atoms with Crippen molar-refractivity contribution in [1.29, 1.82) is 0 Å². The Labute approximate surface area is 72.0 Å². The van der Waals surface area contributed by atoms with Crippen LogP contribution in [0.4, 0.5) is 11.5 Å². The van der Waals surface area contributed by atoms with E-state index < -0.39 is 0 Å². The van der Waals surface area contributed by atoms with Crippen molar-refractivity contribution < 1.29 is 0 Å². The summed E-state index contributed by atoms with van der Waals surface area (Å²) in [7, 11) is 1.93. The van der Waals surface area contributed by atoms with Crippen LogP contribution < -0.4 is 10.6 Å². The second-order valence-electron chi connectivity index (χ2n) is 3.24. The van der Waals surface area contributed by atoms with Crippen molar-refractivity contribution in [3.05, 3.63) is 6.20 Å². The highest BCUT2D eigenvalue weighted by Crippen LogP contribution is 2.24. The second-order valence-corrected chi connectivity index (χ2v) is 3.24. The highest BCUT2D eigenvalue weighted by atomic mass is 15.4. The average molecular weight is 166 g/mol. The minimum absolute atomic E-state index is 0.791. The molecule has 0 amide bonds. The summed E-state index contributed by atoms with van der Waals surface area (Å²) >= 11 is 0. The molecular weight excluding hydrogens is 152 g/mol. The molecule has 1 aromatic heterocycles. The summed E-state index contributed by atoms with van der Waals surface area (Å²) in [4.78, 5) is 2.29. The molecule has 0 bridgehead atoms. The first kappa shape index (κ1) is 7.46. The highest BCUT2D eigenvalue weighted by molar-refractivity contribution is 5.62. The molecule has 1 fully saturated rings. The van der Waals surface area contributed by atoms with Crippen molar-refractivity contribution in [3.8, 4) is 0 Å². The van der Waals surface area contributed by atoms with Gasteiger partial charge < -0.3 is 10.6 Å². The molecule has 1 aliphatic rings. The lowest BCUT2D eigenvalue weighted by molar-refractivity contribution is 0.740. The van der Waals surface area contributed by atoms with Gasteiger partial charge in [0.05, 0.1) is 11.9 Å². The van der Waals surface area contributed by atoms with Gasteiger partial charge in [0, 0.05) is 20.1 Å². The Bertz CT molecular complexity index is 253. The molecule has 0 saturated carbocycles. The van der Waals surface area contributed by atoms with Crippen LogP contribution in [0.3, 0.4) is 0 Å². The average Bonchev–Trinajstić information content (AvgIpc) is 2.61. The Balaban J connectivity index is 2.30. The van der Waals surface area contributed by atoms with Gasteiger partial charge in [-0.1, -0.05) is 0 Å². The smallest absolute Gasteiger partial charge is 0.150 e. The van der Waals surface area contributed by atoms with Crippen molar-refractivity contribution >= 4 is 11.5 Å². The van der Waals surface area contributed by atoms with Crippen LogP contribution in [0.5, 0.6) is 0 Å². The summed E-state index contributed by atoms with van der Waals surface area (Å²) in [5.74, 6) is 1.08. The van der Waals surface area contributed by atoms with Gasteiger partial charge in [-0.05, 0) is 12.8 Å². The minimum Gasteiger partial charge on any atom is -0.394 e. The van der Waals surface area contributed by atoms with Gasteiger partial charge in [0.15, 0.2) is 0 Å². The maximum atomic E-state index is 5.80. The van der Waals surface area contributed by atoms with E-state index in [0.717, 1.165) is 24.6 Å². The molecule has 2 heterocycles. The molecule has 0 unspecified atom stereocenters. The van der Waals surface area contributed by atoms with Crippen LogP contribution in [0, 0.1) is 0 Å². The summed E-state index contributed by atoms with van der Waals surface area (Å²) < 4.78 is 1.85. The predicted octanol–water partition coefficient (Wildman–Crippen LogP) is 0.603. The Morgan fingerprint density at radius 2 is 2.08 bits per heavy atom. The van der Waals surface area contributed by atoms with Gasteiger partial charge in [0.2, 0.25) is 0 Å². The van der Waals surface area contributed by atoms with E-state index in [1.54, 1.807) is 6.20 Å². The van der Waals surface area contributed by atoms with Crippen LogP contribution in [-0.2, 0) is 7.05 Å². The van der Waals surface area contributed by atoms with E-state index >= 15 is 0 Å². The fraction of sp³-hybridized carbons (Fsp3) is 0.625. The quantitative estimate of drug-likeness (QED) is 0.664. The first-order valence-electron chi connectivity index (χ1n) is 4.31. The molecule has 2 N–H and O–H groups in total. The summed E-state index contributed by atoms with van der Waals surface area (Å²) in [6, 6.07) is 0. The molecule has 1 aromatic rings. The Hall–Kier alpha value is -1.19. The van der Waals surface area contributed by atoms with E-state index in [2.05, 4.69) is 10.00 Å². The largest absolute Gasteiger partial charge is 0.394 e. The van der Waals surface area contributed by atoms with E-state index in [0.29, 0.717) is 0 Å². The maximum absolute atomic E-state index is 5.80. The van der Waals surface area contributed by atoms with Crippen molar-refractivity contribution in [2.24, 2.45) is 7.05 Å². The third-order valence-electron chi connectivity index (χ3n) is 2.34. The number of rotatable bonds is 1. The summed E-state index contributed by atoms with van der Waals surface area (Å²) in [6.45, 7) is 2.23. The Morgan fingerprint density at radius 1 is 1.42 bits per heavy atom. The van der Waals surface area contributed by atoms with Crippen LogP contribution in [0.2, 0.25) is 0 Å². The zero-order chi connectivity index (χ0) is 8.55. The lowest BCUT2D eigenvalue weighted by Gasteiger charge is -2.17. The van der Waals surface area contributed by atoms with Gasteiger partial charge in [0.1, 0.15) is 5.82 Å². The number of hydrogen-bond donors (Lipinski definition) is 1. The third kappa shape index (κ3) is 1.03. The number of nitrogens with zero attached hydrogens (tertiary/aromatic N) is 3. The molecule has 0 aromatic carbocycles. The molecule has 1 aliphatic heterocycles. The highest BCUT2D eigenvalue weighted by Gasteiger charge is 2.17. The van der Waals surface area contributed by atoms with Gasteiger partial charge in [-0.15, -0.1) is 0 Å². The lowest BCUT2D eigenvalue weighted by atomic mass is 10.4. The number of nitrogens with two attached hydrogens (primary N) is 1. The summed E-state index contributed by atoms with van der Waals surface area (Å²) in [5, 5.41) is 4.11. The standard InChI is InChI=1S/C8H14N4/c1-11-8(7(9)6-10-11)12-4-2-3-5-12/h6H,2-5,9H2,1H3. The fourth-order valence-corrected chi connectivity index (χ4v) is 1.76. The van der Waals surface area contributed by atoms with E-state index in [9.17, 15) is 0 Å². The molecule has 66 valence electrons. The molecule has 0 spiro atoms. The van der Waals surface area contributed by atoms with E-state index in [4.69, 9.17) is 5.73 Å². The summed E-state index contributed by atoms with van der Waals surface area (Å²) in [6.07, 6.45) is 4.25. The fourth-order valence-electron chi connectivity index (χ4n) is 1.76. The number of hydrogen-bond acceptors (Lipinski definition) is 3. The number of anilines is 2. The van der Waals surface area contributed by atoms with Gasteiger partial charge in [-0.2, -0.15) is 5.10 Å². The Kier molecular flexibility index (Phi) is 1.67. The first-order chi connectivity index (χ1) is 5.79. The molecule has 0 radical (unpaired) electrons. The second kappa shape index (κ2) is 2.69. The van der Waals surface area contributed by atoms with Crippen molar-refractivity contribution in [1.82, 2.24) is 9.78 Å². The SMILES string of the molecule is Cn1ncc(N)c1N1CCCC1. The molecule has 4 nitrogen and oxygen atoms in total. The van der Waals surface area contributed by atoms with Gasteiger partial charge in [-0.3, -0.25) is 4.68 Å². The zero-order valence-electron chi connectivity index (χ0n) is 7.32. The van der Waals surface area contributed by atoms with Gasteiger partial charge in [0.25, 0.3) is 0 Å². The van der Waals surface area contributed by atoms with Crippen molar-refractivity contribution in [2.75, 3.05) is 23.7 Å². The van der Waals surface area contributed by atoms with Crippen LogP contribution in [0.1, 0.15) is 12.8 Å². The molecule has 0 aliphatic carbocycles. The van der Waals surface area contributed by atoms with Gasteiger partial charge in [-0.25, -0.2) is 0 Å². The molecule has 4 heteroatoms. The summed E-state index contributed by atoms with van der Waals surface area (Å²) in [5.41, 5.74) is 6.59. The van der Waals surface area contributed by atoms with Crippen LogP contribution in [0.15, 0.2) is 6.20 Å². The molecule has 0 atom stereocenters.